The largest absolute Gasteiger partial charge is 0.373 e. The number of benzene rings is 1. The lowest BCUT2D eigenvalue weighted by atomic mass is 10.2. The molecule has 1 aliphatic heterocycles. The normalized spacial score (nSPS) is 23.0. The van der Waals surface area contributed by atoms with E-state index in [9.17, 15) is 13.2 Å². The minimum absolute atomic E-state index is 0.140. The highest BCUT2D eigenvalue weighted by Crippen LogP contribution is 2.21. The Hall–Kier alpha value is -1.48. The number of ether oxygens (including phenoxy) is 1. The Morgan fingerprint density at radius 3 is 2.17 bits per heavy atom. The average molecular weight is 341 g/mol. The van der Waals surface area contributed by atoms with E-state index < -0.39 is 10.0 Å². The summed E-state index contributed by atoms with van der Waals surface area (Å²) < 4.78 is 32.4. The van der Waals surface area contributed by atoms with Gasteiger partial charge in [-0.1, -0.05) is 0 Å². The summed E-state index contributed by atoms with van der Waals surface area (Å²) in [6, 6.07) is 5.95. The molecule has 1 fully saturated rings. The van der Waals surface area contributed by atoms with E-state index in [0.29, 0.717) is 18.7 Å². The monoisotopic (exact) mass is 341 g/mol. The average Bonchev–Trinajstić information content (AvgIpc) is 2.45. The maximum absolute atomic E-state index is 12.7. The lowest BCUT2D eigenvalue weighted by Gasteiger charge is -2.34. The van der Waals surface area contributed by atoms with Crippen LogP contribution in [0.1, 0.15) is 24.2 Å². The van der Waals surface area contributed by atoms with Crippen LogP contribution in [0.3, 0.4) is 0 Å². The number of rotatable bonds is 4. The van der Waals surface area contributed by atoms with Crippen molar-refractivity contribution >= 4 is 15.9 Å². The Bertz CT molecular complexity index is 648. The molecule has 7 nitrogen and oxygen atoms in total. The molecule has 1 heterocycles. The second-order valence-electron chi connectivity index (χ2n) is 5.94. The number of hydrazine groups is 1. The van der Waals surface area contributed by atoms with Gasteiger partial charge in [-0.3, -0.25) is 10.2 Å². The van der Waals surface area contributed by atoms with Gasteiger partial charge in [0.15, 0.2) is 0 Å². The van der Waals surface area contributed by atoms with E-state index >= 15 is 0 Å². The van der Waals surface area contributed by atoms with Gasteiger partial charge in [-0.05, 0) is 38.1 Å². The van der Waals surface area contributed by atoms with Crippen LogP contribution in [0.15, 0.2) is 29.2 Å². The molecule has 0 radical (unpaired) electrons. The Morgan fingerprint density at radius 1 is 1.17 bits per heavy atom. The van der Waals surface area contributed by atoms with Crippen molar-refractivity contribution in [2.45, 2.75) is 31.0 Å². The zero-order chi connectivity index (χ0) is 17.2. The van der Waals surface area contributed by atoms with Crippen LogP contribution in [0.2, 0.25) is 0 Å². The van der Waals surface area contributed by atoms with Gasteiger partial charge in [-0.2, -0.15) is 4.31 Å². The zero-order valence-corrected chi connectivity index (χ0v) is 14.6. The van der Waals surface area contributed by atoms with Crippen molar-refractivity contribution in [3.8, 4) is 0 Å². The third kappa shape index (κ3) is 4.29. The molecule has 1 aliphatic rings. The van der Waals surface area contributed by atoms with Crippen LogP contribution in [-0.4, -0.2) is 63.0 Å². The molecule has 2 rings (SSSR count). The Balaban J connectivity index is 2.19. The van der Waals surface area contributed by atoms with Crippen LogP contribution in [0.4, 0.5) is 0 Å². The molecule has 1 N–H and O–H groups in total. The second-order valence-corrected chi connectivity index (χ2v) is 7.88. The van der Waals surface area contributed by atoms with Gasteiger partial charge >= 0.3 is 0 Å². The summed E-state index contributed by atoms with van der Waals surface area (Å²) in [6.07, 6.45) is -0.280. The number of carbonyl (C=O) groups is 1. The second kappa shape index (κ2) is 6.96. The van der Waals surface area contributed by atoms with E-state index in [-0.39, 0.29) is 23.0 Å². The van der Waals surface area contributed by atoms with Crippen molar-refractivity contribution in [1.82, 2.24) is 14.7 Å². The lowest BCUT2D eigenvalue weighted by Crippen LogP contribution is -2.48. The van der Waals surface area contributed by atoms with Crippen molar-refractivity contribution in [1.29, 1.82) is 0 Å². The van der Waals surface area contributed by atoms with Crippen molar-refractivity contribution in [2.24, 2.45) is 0 Å². The third-order valence-electron chi connectivity index (χ3n) is 3.47. The van der Waals surface area contributed by atoms with Crippen LogP contribution in [-0.2, 0) is 14.8 Å². The molecule has 23 heavy (non-hydrogen) atoms. The minimum atomic E-state index is -3.58. The Morgan fingerprint density at radius 2 is 1.70 bits per heavy atom. The Kier molecular flexibility index (Phi) is 5.41. The highest BCUT2D eigenvalue weighted by Gasteiger charge is 2.32. The fraction of sp³-hybridized carbons (Fsp3) is 0.533. The fourth-order valence-electron chi connectivity index (χ4n) is 2.52. The third-order valence-corrected chi connectivity index (χ3v) is 5.31. The molecule has 2 atom stereocenters. The van der Waals surface area contributed by atoms with E-state index in [4.69, 9.17) is 4.74 Å². The summed E-state index contributed by atoms with van der Waals surface area (Å²) >= 11 is 0. The molecule has 8 heteroatoms. The summed E-state index contributed by atoms with van der Waals surface area (Å²) in [7, 11) is -0.170. The van der Waals surface area contributed by atoms with Crippen molar-refractivity contribution < 1.29 is 17.9 Å². The van der Waals surface area contributed by atoms with E-state index in [1.54, 1.807) is 14.1 Å². The topological polar surface area (TPSA) is 79.0 Å². The van der Waals surface area contributed by atoms with Gasteiger partial charge < -0.3 is 4.74 Å². The number of morpholine rings is 1. The van der Waals surface area contributed by atoms with Gasteiger partial charge in [0.25, 0.3) is 5.91 Å². The molecule has 1 saturated heterocycles. The van der Waals surface area contributed by atoms with Gasteiger partial charge in [0.2, 0.25) is 10.0 Å². The maximum Gasteiger partial charge on any atom is 0.265 e. The van der Waals surface area contributed by atoms with E-state index in [1.807, 2.05) is 13.8 Å². The summed E-state index contributed by atoms with van der Waals surface area (Å²) in [5.41, 5.74) is 3.01. The SMILES string of the molecule is C[C@H]1CN(S(=O)(=O)c2ccc(C(=O)NN(C)C)cc2)C[C@H](C)O1. The number of amides is 1. The highest BCUT2D eigenvalue weighted by atomic mass is 32.2. The summed E-state index contributed by atoms with van der Waals surface area (Å²) in [6.45, 7) is 4.37. The molecule has 0 spiro atoms. The van der Waals surface area contributed by atoms with Crippen molar-refractivity contribution in [3.63, 3.8) is 0 Å². The summed E-state index contributed by atoms with van der Waals surface area (Å²) in [5.74, 6) is -0.285. The summed E-state index contributed by atoms with van der Waals surface area (Å²) in [5, 5.41) is 1.53. The van der Waals surface area contributed by atoms with Crippen LogP contribution < -0.4 is 5.43 Å². The molecular formula is C15H23N3O4S. The number of carbonyl (C=O) groups excluding carboxylic acids is 1. The number of hydrogen-bond acceptors (Lipinski definition) is 5. The highest BCUT2D eigenvalue weighted by molar-refractivity contribution is 7.89. The van der Waals surface area contributed by atoms with Crippen LogP contribution in [0, 0.1) is 0 Å². The zero-order valence-electron chi connectivity index (χ0n) is 13.8. The molecule has 1 amide bonds. The number of sulfonamides is 1. The lowest BCUT2D eigenvalue weighted by molar-refractivity contribution is -0.0440. The summed E-state index contributed by atoms with van der Waals surface area (Å²) in [4.78, 5) is 12.1. The van der Waals surface area contributed by atoms with E-state index in [0.717, 1.165) is 0 Å². The van der Waals surface area contributed by atoms with Gasteiger partial charge in [-0.15, -0.1) is 0 Å². The number of nitrogens with zero attached hydrogens (tertiary/aromatic N) is 2. The molecule has 128 valence electrons. The van der Waals surface area contributed by atoms with Gasteiger partial charge in [0, 0.05) is 32.7 Å². The van der Waals surface area contributed by atoms with Crippen LogP contribution in [0.5, 0.6) is 0 Å². The maximum atomic E-state index is 12.7. The molecule has 1 aromatic carbocycles. The molecule has 0 unspecified atom stereocenters. The van der Waals surface area contributed by atoms with Crippen molar-refractivity contribution in [3.05, 3.63) is 29.8 Å². The standard InChI is InChI=1S/C15H23N3O4S/c1-11-9-18(10-12(2)22-11)23(20,21)14-7-5-13(6-8-14)15(19)16-17(3)4/h5-8,11-12H,9-10H2,1-4H3,(H,16,19)/t11-,12-/m0/s1. The van der Waals surface area contributed by atoms with Crippen molar-refractivity contribution in [2.75, 3.05) is 27.2 Å². The molecule has 1 aromatic rings. The predicted molar refractivity (Wildman–Crippen MR) is 86.4 cm³/mol. The first kappa shape index (κ1) is 17.9. The minimum Gasteiger partial charge on any atom is -0.373 e. The number of nitrogens with one attached hydrogen (secondary N) is 1. The molecule has 0 aliphatic carbocycles. The van der Waals surface area contributed by atoms with Crippen LogP contribution >= 0.6 is 0 Å². The van der Waals surface area contributed by atoms with E-state index in [2.05, 4.69) is 5.43 Å². The first-order valence-corrected chi connectivity index (χ1v) is 8.88. The van der Waals surface area contributed by atoms with Crippen LogP contribution in [0.25, 0.3) is 0 Å². The first-order chi connectivity index (χ1) is 10.7. The quantitative estimate of drug-likeness (QED) is 0.815. The van der Waals surface area contributed by atoms with Gasteiger partial charge in [0.1, 0.15) is 0 Å². The smallest absolute Gasteiger partial charge is 0.265 e. The molecule has 0 aromatic heterocycles. The Labute approximate surface area is 137 Å². The molecule has 0 bridgehead atoms. The molecule has 0 saturated carbocycles. The predicted octanol–water partition coefficient (Wildman–Crippen LogP) is 0.691. The fourth-order valence-corrected chi connectivity index (χ4v) is 4.11. The molecular weight excluding hydrogens is 318 g/mol. The number of hydrogen-bond donors (Lipinski definition) is 1. The first-order valence-electron chi connectivity index (χ1n) is 7.44. The van der Waals surface area contributed by atoms with E-state index in [1.165, 1.54) is 33.6 Å². The van der Waals surface area contributed by atoms with Gasteiger partial charge in [-0.25, -0.2) is 13.4 Å². The van der Waals surface area contributed by atoms with Gasteiger partial charge in [0.05, 0.1) is 17.1 Å².